The molecule has 168 valence electrons. The Labute approximate surface area is 198 Å². The van der Waals surface area contributed by atoms with Gasteiger partial charge in [-0.3, -0.25) is 4.79 Å². The van der Waals surface area contributed by atoms with Crippen LogP contribution in [0.15, 0.2) is 78.0 Å². The molecule has 0 aromatic heterocycles. The van der Waals surface area contributed by atoms with Crippen molar-refractivity contribution in [1.82, 2.24) is 0 Å². The monoisotopic (exact) mass is 460 g/mol. The minimum atomic E-state index is -0.375. The van der Waals surface area contributed by atoms with Crippen molar-refractivity contribution < 1.29 is 14.3 Å². The lowest BCUT2D eigenvalue weighted by molar-refractivity contribution is -0.116. The van der Waals surface area contributed by atoms with Gasteiger partial charge in [-0.25, -0.2) is 0 Å². The molecule has 33 heavy (non-hydrogen) atoms. The molecule has 0 saturated carbocycles. The average Bonchev–Trinajstić information content (AvgIpc) is 3.01. The number of halogens is 1. The van der Waals surface area contributed by atoms with Gasteiger partial charge >= 0.3 is 0 Å². The maximum Gasteiger partial charge on any atom is 0.163 e. The number of carbonyl (C=O) groups excluding carboxylic acids is 1. The molecule has 0 amide bonds. The van der Waals surface area contributed by atoms with E-state index in [1.165, 1.54) is 0 Å². The minimum Gasteiger partial charge on any atom is -0.497 e. The van der Waals surface area contributed by atoms with Gasteiger partial charge in [0.25, 0.3) is 0 Å². The molecule has 0 unspecified atom stereocenters. The zero-order chi connectivity index (χ0) is 22.9. The molecular formula is C27H25ClN2O3. The predicted octanol–water partition coefficient (Wildman–Crippen LogP) is 6.34. The molecule has 1 aliphatic carbocycles. The standard InChI is InChI=1S/C27H25ClN2O3/c1-32-19-11-12-25(33-2)20(15-19)27-26-23(29-21-5-3-4-6-22(21)30-27)13-17(14-24(26)31)16-7-9-18(28)10-8-16/h3-12,15,17,27,29-30H,13-14H2,1-2H3/t17-,27+/m0/s1. The molecule has 0 saturated heterocycles. The maximum absolute atomic E-state index is 13.7. The number of Topliss-reactive ketones (excluding diaryl/α,β-unsaturated/α-hetero) is 1. The molecule has 1 aliphatic heterocycles. The zero-order valence-electron chi connectivity index (χ0n) is 18.5. The molecule has 2 atom stereocenters. The van der Waals surface area contributed by atoms with Crippen molar-refractivity contribution in [2.45, 2.75) is 24.8 Å². The Kier molecular flexibility index (Phi) is 5.73. The number of hydrogen-bond acceptors (Lipinski definition) is 5. The number of fused-ring (bicyclic) bond motifs is 1. The predicted molar refractivity (Wildman–Crippen MR) is 131 cm³/mol. The lowest BCUT2D eigenvalue weighted by Crippen LogP contribution is -2.27. The lowest BCUT2D eigenvalue weighted by Gasteiger charge is -2.30. The van der Waals surface area contributed by atoms with Gasteiger partial charge in [-0.2, -0.15) is 0 Å². The number of rotatable bonds is 4. The minimum absolute atomic E-state index is 0.0825. The summed E-state index contributed by atoms with van der Waals surface area (Å²) in [5, 5.41) is 7.86. The van der Waals surface area contributed by atoms with Crippen molar-refractivity contribution in [3.05, 3.63) is 94.1 Å². The Hall–Kier alpha value is -3.44. The number of ether oxygens (including phenoxy) is 2. The first kappa shape index (κ1) is 21.4. The van der Waals surface area contributed by atoms with E-state index in [2.05, 4.69) is 10.6 Å². The van der Waals surface area contributed by atoms with Crippen LogP contribution < -0.4 is 20.1 Å². The number of ketones is 1. The fourth-order valence-electron chi connectivity index (χ4n) is 4.76. The first-order chi connectivity index (χ1) is 16.1. The Bertz CT molecular complexity index is 1240. The molecule has 3 aromatic carbocycles. The van der Waals surface area contributed by atoms with E-state index < -0.39 is 0 Å². The second-order valence-corrected chi connectivity index (χ2v) is 8.76. The first-order valence-electron chi connectivity index (χ1n) is 10.9. The third kappa shape index (κ3) is 4.05. The van der Waals surface area contributed by atoms with Gasteiger partial charge in [0, 0.05) is 28.3 Å². The number of benzene rings is 3. The van der Waals surface area contributed by atoms with Crippen molar-refractivity contribution in [2.75, 3.05) is 24.9 Å². The molecule has 5 rings (SSSR count). The molecule has 0 radical (unpaired) electrons. The van der Waals surface area contributed by atoms with Crippen LogP contribution in [0.2, 0.25) is 5.02 Å². The number of carbonyl (C=O) groups is 1. The van der Waals surface area contributed by atoms with Gasteiger partial charge in [-0.1, -0.05) is 35.9 Å². The number of anilines is 2. The molecule has 0 bridgehead atoms. The molecular weight excluding hydrogens is 436 g/mol. The van der Waals surface area contributed by atoms with Gasteiger partial charge in [0.1, 0.15) is 11.5 Å². The normalized spacial score (nSPS) is 19.5. The zero-order valence-corrected chi connectivity index (χ0v) is 19.3. The molecule has 5 nitrogen and oxygen atoms in total. The van der Waals surface area contributed by atoms with Crippen molar-refractivity contribution >= 4 is 28.8 Å². The summed E-state index contributed by atoms with van der Waals surface area (Å²) in [7, 11) is 3.28. The van der Waals surface area contributed by atoms with Gasteiger partial charge in [0.15, 0.2) is 5.78 Å². The summed E-state index contributed by atoms with van der Waals surface area (Å²) in [6.45, 7) is 0. The first-order valence-corrected chi connectivity index (χ1v) is 11.3. The Balaban J connectivity index is 1.64. The number of para-hydroxylation sites is 2. The van der Waals surface area contributed by atoms with Crippen LogP contribution in [-0.4, -0.2) is 20.0 Å². The van der Waals surface area contributed by atoms with Crippen molar-refractivity contribution in [3.63, 3.8) is 0 Å². The molecule has 0 fully saturated rings. The summed E-state index contributed by atoms with van der Waals surface area (Å²) in [6.07, 6.45) is 1.16. The summed E-state index contributed by atoms with van der Waals surface area (Å²) in [6, 6.07) is 21.1. The van der Waals surface area contributed by atoms with Gasteiger partial charge in [0.2, 0.25) is 0 Å². The van der Waals surface area contributed by atoms with E-state index in [1.54, 1.807) is 14.2 Å². The van der Waals surface area contributed by atoms with Crippen LogP contribution in [0.1, 0.15) is 35.9 Å². The molecule has 1 heterocycles. The van der Waals surface area contributed by atoms with E-state index in [0.717, 1.165) is 40.2 Å². The van der Waals surface area contributed by atoms with Crippen LogP contribution >= 0.6 is 11.6 Å². The third-order valence-corrected chi connectivity index (χ3v) is 6.65. The van der Waals surface area contributed by atoms with E-state index in [9.17, 15) is 4.79 Å². The Morgan fingerprint density at radius 2 is 1.67 bits per heavy atom. The van der Waals surface area contributed by atoms with Crippen molar-refractivity contribution in [1.29, 1.82) is 0 Å². The van der Waals surface area contributed by atoms with Crippen LogP contribution in [0.25, 0.3) is 0 Å². The van der Waals surface area contributed by atoms with Gasteiger partial charge < -0.3 is 20.1 Å². The smallest absolute Gasteiger partial charge is 0.163 e. The maximum atomic E-state index is 13.7. The number of hydrogen-bond donors (Lipinski definition) is 2. The third-order valence-electron chi connectivity index (χ3n) is 6.40. The molecule has 6 heteroatoms. The highest BCUT2D eigenvalue weighted by Gasteiger charge is 2.37. The van der Waals surface area contributed by atoms with Crippen LogP contribution in [0.5, 0.6) is 11.5 Å². The van der Waals surface area contributed by atoms with Crippen molar-refractivity contribution in [2.24, 2.45) is 0 Å². The second-order valence-electron chi connectivity index (χ2n) is 8.33. The summed E-state index contributed by atoms with van der Waals surface area (Å²) < 4.78 is 11.2. The number of methoxy groups -OCH3 is 2. The topological polar surface area (TPSA) is 59.6 Å². The summed E-state index contributed by atoms with van der Waals surface area (Å²) in [4.78, 5) is 13.7. The van der Waals surface area contributed by atoms with E-state index >= 15 is 0 Å². The van der Waals surface area contributed by atoms with Gasteiger partial charge in [-0.15, -0.1) is 0 Å². The highest BCUT2D eigenvalue weighted by atomic mass is 35.5. The highest BCUT2D eigenvalue weighted by Crippen LogP contribution is 2.46. The largest absolute Gasteiger partial charge is 0.497 e. The van der Waals surface area contributed by atoms with E-state index in [-0.39, 0.29) is 17.7 Å². The lowest BCUT2D eigenvalue weighted by atomic mass is 9.78. The van der Waals surface area contributed by atoms with Crippen LogP contribution in [-0.2, 0) is 4.79 Å². The Morgan fingerprint density at radius 3 is 2.39 bits per heavy atom. The van der Waals surface area contributed by atoms with Crippen molar-refractivity contribution in [3.8, 4) is 11.5 Å². The quantitative estimate of drug-likeness (QED) is 0.476. The fraction of sp³-hybridized carbons (Fsp3) is 0.222. The molecule has 2 aliphatic rings. The molecule has 0 spiro atoms. The van der Waals surface area contributed by atoms with Gasteiger partial charge in [-0.05, 0) is 60.4 Å². The number of allylic oxidation sites excluding steroid dienone is 1. The van der Waals surface area contributed by atoms with E-state index in [4.69, 9.17) is 21.1 Å². The van der Waals surface area contributed by atoms with Gasteiger partial charge in [0.05, 0.1) is 31.6 Å². The highest BCUT2D eigenvalue weighted by molar-refractivity contribution is 6.30. The second kappa shape index (κ2) is 8.83. The molecule has 3 aromatic rings. The Morgan fingerprint density at radius 1 is 0.909 bits per heavy atom. The summed E-state index contributed by atoms with van der Waals surface area (Å²) in [5.41, 5.74) is 5.52. The van der Waals surface area contributed by atoms with Crippen LogP contribution in [0, 0.1) is 0 Å². The average molecular weight is 461 g/mol. The van der Waals surface area contributed by atoms with Crippen LogP contribution in [0.3, 0.4) is 0 Å². The summed E-state index contributed by atoms with van der Waals surface area (Å²) in [5.74, 6) is 1.60. The van der Waals surface area contributed by atoms with E-state index in [0.29, 0.717) is 22.9 Å². The fourth-order valence-corrected chi connectivity index (χ4v) is 4.89. The molecule has 2 N–H and O–H groups in total. The van der Waals surface area contributed by atoms with E-state index in [1.807, 2.05) is 66.7 Å². The van der Waals surface area contributed by atoms with Crippen LogP contribution in [0.4, 0.5) is 11.4 Å². The summed E-state index contributed by atoms with van der Waals surface area (Å²) >= 11 is 6.09. The SMILES string of the molecule is COc1ccc(OC)c([C@H]2Nc3ccccc3NC3=C2C(=O)C[C@@H](c2ccc(Cl)cc2)C3)c1. The number of nitrogens with one attached hydrogen (secondary N) is 2.